The Labute approximate surface area is 192 Å². The molecule has 0 heterocycles. The SMILES string of the molecule is Cc1ccccc1COC[C@H](Cc1ccccc1-c1c(F)c(F)c(F)c(F)c1F)OP(N)(=O)O. The average molecular weight is 501 g/mol. The predicted octanol–water partition coefficient (Wildman–Crippen LogP) is 5.56. The Morgan fingerprint density at radius 3 is 2.00 bits per heavy atom. The van der Waals surface area contributed by atoms with Gasteiger partial charge < -0.3 is 9.63 Å². The van der Waals surface area contributed by atoms with Gasteiger partial charge in [0, 0.05) is 6.42 Å². The van der Waals surface area contributed by atoms with Crippen LogP contribution in [0.5, 0.6) is 0 Å². The van der Waals surface area contributed by atoms with Crippen molar-refractivity contribution in [3.8, 4) is 11.1 Å². The molecule has 3 aromatic carbocycles. The molecule has 182 valence electrons. The molecule has 11 heteroatoms. The van der Waals surface area contributed by atoms with Gasteiger partial charge in [-0.2, -0.15) is 0 Å². The van der Waals surface area contributed by atoms with E-state index >= 15 is 0 Å². The summed E-state index contributed by atoms with van der Waals surface area (Å²) in [5.41, 5.74) is 5.59. The average Bonchev–Trinajstić information content (AvgIpc) is 2.78. The Balaban J connectivity index is 1.91. The van der Waals surface area contributed by atoms with Crippen LogP contribution in [-0.4, -0.2) is 17.6 Å². The molecule has 34 heavy (non-hydrogen) atoms. The zero-order valence-corrected chi connectivity index (χ0v) is 18.8. The predicted molar refractivity (Wildman–Crippen MR) is 115 cm³/mol. The van der Waals surface area contributed by atoms with Crippen LogP contribution in [0.2, 0.25) is 0 Å². The standard InChI is InChI=1S/C23H21F5NO4P/c1-13-6-2-3-8-15(13)11-32-12-16(33-34(29,30)31)10-14-7-4-5-9-17(14)18-19(24)21(26)23(28)22(27)20(18)25/h2-9,16H,10-12H2,1H3,(H3,29,30,31)/t16-/m0/s1. The van der Waals surface area contributed by atoms with Crippen molar-refractivity contribution in [3.63, 3.8) is 0 Å². The summed E-state index contributed by atoms with van der Waals surface area (Å²) < 4.78 is 92.2. The molecule has 3 N–H and O–H groups in total. The first kappa shape index (κ1) is 26.0. The highest BCUT2D eigenvalue weighted by atomic mass is 31.2. The molecule has 0 amide bonds. The maximum Gasteiger partial charge on any atom is 0.400 e. The zero-order valence-electron chi connectivity index (χ0n) is 17.9. The second-order valence-corrected chi connectivity index (χ2v) is 8.88. The first-order chi connectivity index (χ1) is 16.0. The third kappa shape index (κ3) is 6.08. The van der Waals surface area contributed by atoms with Crippen LogP contribution in [-0.2, 0) is 26.9 Å². The van der Waals surface area contributed by atoms with Gasteiger partial charge in [-0.1, -0.05) is 48.5 Å². The summed E-state index contributed by atoms with van der Waals surface area (Å²) in [7, 11) is -4.51. The summed E-state index contributed by atoms with van der Waals surface area (Å²) in [6.07, 6.45) is -1.45. The summed E-state index contributed by atoms with van der Waals surface area (Å²) in [4.78, 5) is 9.50. The van der Waals surface area contributed by atoms with E-state index in [0.717, 1.165) is 11.1 Å². The van der Waals surface area contributed by atoms with Crippen molar-refractivity contribution in [3.05, 3.63) is 94.3 Å². The van der Waals surface area contributed by atoms with Crippen LogP contribution >= 0.6 is 7.75 Å². The summed E-state index contributed by atoms with van der Waals surface area (Å²) in [6, 6.07) is 12.7. The summed E-state index contributed by atoms with van der Waals surface area (Å²) in [5.74, 6) is -10.4. The Morgan fingerprint density at radius 1 is 0.882 bits per heavy atom. The fourth-order valence-electron chi connectivity index (χ4n) is 3.44. The van der Waals surface area contributed by atoms with E-state index in [9.17, 15) is 31.4 Å². The lowest BCUT2D eigenvalue weighted by Gasteiger charge is -2.21. The third-order valence-electron chi connectivity index (χ3n) is 5.07. The van der Waals surface area contributed by atoms with Gasteiger partial charge >= 0.3 is 7.75 Å². The molecule has 1 unspecified atom stereocenters. The molecule has 5 nitrogen and oxygen atoms in total. The molecule has 0 aromatic heterocycles. The third-order valence-corrected chi connectivity index (χ3v) is 5.67. The van der Waals surface area contributed by atoms with E-state index in [1.165, 1.54) is 24.3 Å². The van der Waals surface area contributed by atoms with Crippen molar-refractivity contribution in [1.29, 1.82) is 0 Å². The lowest BCUT2D eigenvalue weighted by atomic mass is 9.95. The first-order valence-corrected chi connectivity index (χ1v) is 11.7. The normalized spacial score (nSPS) is 14.1. The van der Waals surface area contributed by atoms with Gasteiger partial charge in [-0.15, -0.1) is 0 Å². The van der Waals surface area contributed by atoms with Gasteiger partial charge in [0.25, 0.3) is 0 Å². The van der Waals surface area contributed by atoms with Gasteiger partial charge in [0.15, 0.2) is 23.3 Å². The van der Waals surface area contributed by atoms with Crippen LogP contribution in [0.4, 0.5) is 22.0 Å². The zero-order chi connectivity index (χ0) is 25.0. The number of aryl methyl sites for hydroxylation is 1. The van der Waals surface area contributed by atoms with Crippen molar-refractivity contribution in [2.75, 3.05) is 6.61 Å². The molecule has 0 fully saturated rings. The Morgan fingerprint density at radius 2 is 1.41 bits per heavy atom. The van der Waals surface area contributed by atoms with Crippen molar-refractivity contribution in [2.45, 2.75) is 26.1 Å². The van der Waals surface area contributed by atoms with E-state index < -0.39 is 48.5 Å². The number of ether oxygens (including phenoxy) is 1. The molecular formula is C23H21F5NO4P. The van der Waals surface area contributed by atoms with Crippen LogP contribution in [0.15, 0.2) is 48.5 Å². The van der Waals surface area contributed by atoms with Crippen LogP contribution in [0.1, 0.15) is 16.7 Å². The van der Waals surface area contributed by atoms with E-state index in [0.29, 0.717) is 0 Å². The molecule has 3 aromatic rings. The van der Waals surface area contributed by atoms with E-state index in [4.69, 9.17) is 14.8 Å². The number of halogens is 5. The van der Waals surface area contributed by atoms with Crippen molar-refractivity contribution in [2.24, 2.45) is 5.50 Å². The summed E-state index contributed by atoms with van der Waals surface area (Å²) in [5, 5.41) is 0. The molecular weight excluding hydrogens is 480 g/mol. The fraction of sp³-hybridized carbons (Fsp3) is 0.217. The minimum Gasteiger partial charge on any atom is -0.374 e. The number of hydrogen-bond donors (Lipinski definition) is 2. The largest absolute Gasteiger partial charge is 0.400 e. The van der Waals surface area contributed by atoms with Crippen LogP contribution in [0.25, 0.3) is 11.1 Å². The molecule has 2 atom stereocenters. The number of rotatable bonds is 9. The summed E-state index contributed by atoms with van der Waals surface area (Å²) in [6.45, 7) is 1.75. The van der Waals surface area contributed by atoms with Crippen molar-refractivity contribution >= 4 is 7.75 Å². The lowest BCUT2D eigenvalue weighted by Crippen LogP contribution is -2.23. The monoisotopic (exact) mass is 501 g/mol. The number of hydrogen-bond acceptors (Lipinski definition) is 3. The second-order valence-electron chi connectivity index (χ2n) is 7.54. The topological polar surface area (TPSA) is 81.8 Å². The number of benzene rings is 3. The first-order valence-electron chi connectivity index (χ1n) is 10.0. The van der Waals surface area contributed by atoms with Gasteiger partial charge in [-0.3, -0.25) is 4.52 Å². The Kier molecular flexibility index (Phi) is 8.22. The van der Waals surface area contributed by atoms with E-state index in [1.54, 1.807) is 0 Å². The van der Waals surface area contributed by atoms with Crippen LogP contribution < -0.4 is 5.50 Å². The Hall–Kier alpha value is -2.62. The molecule has 0 aliphatic heterocycles. The Bertz CT molecular complexity index is 1200. The van der Waals surface area contributed by atoms with Crippen LogP contribution in [0, 0.1) is 36.0 Å². The van der Waals surface area contributed by atoms with E-state index in [1.807, 2.05) is 31.2 Å². The van der Waals surface area contributed by atoms with E-state index in [-0.39, 0.29) is 30.8 Å². The van der Waals surface area contributed by atoms with Gasteiger partial charge in [0.05, 0.1) is 24.9 Å². The molecule has 0 aliphatic carbocycles. The molecule has 0 spiro atoms. The highest BCUT2D eigenvalue weighted by Crippen LogP contribution is 2.37. The van der Waals surface area contributed by atoms with Crippen LogP contribution in [0.3, 0.4) is 0 Å². The van der Waals surface area contributed by atoms with E-state index in [2.05, 4.69) is 0 Å². The molecule has 0 bridgehead atoms. The van der Waals surface area contributed by atoms with Gasteiger partial charge in [0.2, 0.25) is 5.82 Å². The lowest BCUT2D eigenvalue weighted by molar-refractivity contribution is 0.0359. The highest BCUT2D eigenvalue weighted by Gasteiger charge is 2.29. The van der Waals surface area contributed by atoms with Crippen molar-refractivity contribution in [1.82, 2.24) is 0 Å². The molecule has 0 aliphatic rings. The minimum atomic E-state index is -4.51. The maximum atomic E-state index is 14.4. The van der Waals surface area contributed by atoms with Gasteiger partial charge in [-0.25, -0.2) is 32.0 Å². The smallest absolute Gasteiger partial charge is 0.374 e. The molecule has 0 radical (unpaired) electrons. The van der Waals surface area contributed by atoms with Gasteiger partial charge in [0.1, 0.15) is 0 Å². The highest BCUT2D eigenvalue weighted by molar-refractivity contribution is 7.50. The fourth-order valence-corrected chi connectivity index (χ4v) is 4.00. The van der Waals surface area contributed by atoms with Crippen molar-refractivity contribution < 1.29 is 40.7 Å². The maximum absolute atomic E-state index is 14.4. The number of nitrogens with two attached hydrogens (primary N) is 1. The van der Waals surface area contributed by atoms with Gasteiger partial charge in [-0.05, 0) is 29.2 Å². The molecule has 0 saturated heterocycles. The quantitative estimate of drug-likeness (QED) is 0.174. The minimum absolute atomic E-state index is 0.0867. The molecule has 3 rings (SSSR count). The molecule has 0 saturated carbocycles. The summed E-state index contributed by atoms with van der Waals surface area (Å²) >= 11 is 0. The second kappa shape index (κ2) is 10.8.